The molecule has 0 saturated heterocycles. The first-order chi connectivity index (χ1) is 9.05. The standard InChI is InChI=1S/C13H24N2O3S2/c1-9(18-6)8-20(16,17)15-10(2)12-14-11(7-19-12)13(3,4)5/h7,9-10,15H,8H2,1-6H3/t9-,10+/m1/s1. The van der Waals surface area contributed by atoms with Crippen LogP contribution in [0.15, 0.2) is 5.38 Å². The number of aromatic nitrogens is 1. The normalized spacial score (nSPS) is 16.1. The summed E-state index contributed by atoms with van der Waals surface area (Å²) in [6.45, 7) is 9.79. The molecule has 0 aromatic carbocycles. The van der Waals surface area contributed by atoms with Gasteiger partial charge >= 0.3 is 0 Å². The molecule has 0 aliphatic rings. The Balaban J connectivity index is 2.76. The number of rotatable bonds is 6. The first kappa shape index (κ1) is 17.6. The molecule has 0 aliphatic carbocycles. The van der Waals surface area contributed by atoms with Crippen molar-refractivity contribution >= 4 is 21.4 Å². The molecule has 1 heterocycles. The molecule has 5 nitrogen and oxygen atoms in total. The van der Waals surface area contributed by atoms with Crippen molar-refractivity contribution in [3.05, 3.63) is 16.1 Å². The van der Waals surface area contributed by atoms with Gasteiger partial charge in [0.25, 0.3) is 0 Å². The average Bonchev–Trinajstić information content (AvgIpc) is 2.76. The van der Waals surface area contributed by atoms with Crippen molar-refractivity contribution in [2.45, 2.75) is 52.2 Å². The van der Waals surface area contributed by atoms with E-state index in [1.54, 1.807) is 13.8 Å². The Labute approximate surface area is 125 Å². The molecule has 0 fully saturated rings. The molecule has 7 heteroatoms. The molecule has 1 aromatic heterocycles. The number of thiazole rings is 1. The Hall–Kier alpha value is -0.500. The van der Waals surface area contributed by atoms with Crippen LogP contribution < -0.4 is 4.72 Å². The maximum atomic E-state index is 12.0. The SMILES string of the molecule is CO[C@H](C)CS(=O)(=O)N[C@@H](C)c1nc(C(C)(C)C)cs1. The van der Waals surface area contributed by atoms with Gasteiger partial charge in [0.05, 0.1) is 23.6 Å². The first-order valence-corrected chi connectivity index (χ1v) is 9.07. The van der Waals surface area contributed by atoms with Gasteiger partial charge in [-0.05, 0) is 13.8 Å². The Morgan fingerprint density at radius 3 is 2.45 bits per heavy atom. The average molecular weight is 320 g/mol. The summed E-state index contributed by atoms with van der Waals surface area (Å²) in [4.78, 5) is 4.53. The van der Waals surface area contributed by atoms with E-state index in [2.05, 4.69) is 30.5 Å². The summed E-state index contributed by atoms with van der Waals surface area (Å²) in [6, 6.07) is -0.329. The van der Waals surface area contributed by atoms with Gasteiger partial charge < -0.3 is 4.74 Å². The fraction of sp³-hybridized carbons (Fsp3) is 0.769. The van der Waals surface area contributed by atoms with Crippen LogP contribution in [0.1, 0.15) is 51.4 Å². The number of ether oxygens (including phenoxy) is 1. The second-order valence-electron chi connectivity index (χ2n) is 5.99. The maximum absolute atomic E-state index is 12.0. The molecule has 0 aliphatic heterocycles. The van der Waals surface area contributed by atoms with Crippen molar-refractivity contribution in [3.8, 4) is 0 Å². The second kappa shape index (κ2) is 6.51. The summed E-state index contributed by atoms with van der Waals surface area (Å²) in [5, 5.41) is 2.77. The van der Waals surface area contributed by atoms with Crippen LogP contribution in [0.3, 0.4) is 0 Å². The molecule has 1 rings (SSSR count). The van der Waals surface area contributed by atoms with Crippen LogP contribution in [0.25, 0.3) is 0 Å². The van der Waals surface area contributed by atoms with Crippen LogP contribution in [-0.4, -0.2) is 32.4 Å². The summed E-state index contributed by atoms with van der Waals surface area (Å²) >= 11 is 1.48. The van der Waals surface area contributed by atoms with E-state index in [0.29, 0.717) is 0 Å². The van der Waals surface area contributed by atoms with E-state index in [1.807, 2.05) is 5.38 Å². The number of sulfonamides is 1. The van der Waals surface area contributed by atoms with Crippen LogP contribution in [0, 0.1) is 0 Å². The summed E-state index contributed by atoms with van der Waals surface area (Å²) in [7, 11) is -1.87. The van der Waals surface area contributed by atoms with Crippen LogP contribution >= 0.6 is 11.3 Å². The highest BCUT2D eigenvalue weighted by atomic mass is 32.2. The lowest BCUT2D eigenvalue weighted by atomic mass is 9.93. The third-order valence-corrected chi connectivity index (χ3v) is 5.52. The monoisotopic (exact) mass is 320 g/mol. The van der Waals surface area contributed by atoms with Gasteiger partial charge in [-0.1, -0.05) is 20.8 Å². The van der Waals surface area contributed by atoms with E-state index in [4.69, 9.17) is 4.74 Å². The van der Waals surface area contributed by atoms with E-state index in [0.717, 1.165) is 10.7 Å². The predicted molar refractivity (Wildman–Crippen MR) is 82.6 cm³/mol. The fourth-order valence-electron chi connectivity index (χ4n) is 1.58. The largest absolute Gasteiger partial charge is 0.381 e. The van der Waals surface area contributed by atoms with Crippen LogP contribution in [0.5, 0.6) is 0 Å². The zero-order chi connectivity index (χ0) is 15.6. The second-order valence-corrected chi connectivity index (χ2v) is 8.68. The Bertz CT molecular complexity index is 532. The lowest BCUT2D eigenvalue weighted by Crippen LogP contribution is -2.33. The molecule has 0 unspecified atom stereocenters. The van der Waals surface area contributed by atoms with Crippen LogP contribution in [-0.2, 0) is 20.2 Å². The minimum absolute atomic E-state index is 0.0299. The van der Waals surface area contributed by atoms with Gasteiger partial charge in [0.15, 0.2) is 0 Å². The van der Waals surface area contributed by atoms with Crippen molar-refractivity contribution in [1.82, 2.24) is 9.71 Å². The van der Waals surface area contributed by atoms with Crippen molar-refractivity contribution in [2.75, 3.05) is 12.9 Å². The Kier molecular flexibility index (Phi) is 5.71. The molecule has 0 amide bonds. The van der Waals surface area contributed by atoms with E-state index in [1.165, 1.54) is 18.4 Å². The number of methoxy groups -OCH3 is 1. The first-order valence-electron chi connectivity index (χ1n) is 6.54. The molecule has 0 saturated carbocycles. The third kappa shape index (κ3) is 5.12. The molecule has 2 atom stereocenters. The van der Waals surface area contributed by atoms with Crippen molar-refractivity contribution in [2.24, 2.45) is 0 Å². The van der Waals surface area contributed by atoms with Crippen LogP contribution in [0.4, 0.5) is 0 Å². The summed E-state index contributed by atoms with van der Waals surface area (Å²) in [5.74, 6) is -0.0503. The zero-order valence-electron chi connectivity index (χ0n) is 12.9. The minimum atomic E-state index is -3.37. The topological polar surface area (TPSA) is 68.3 Å². The molecule has 116 valence electrons. The quantitative estimate of drug-likeness (QED) is 0.874. The van der Waals surface area contributed by atoms with Crippen LogP contribution in [0.2, 0.25) is 0 Å². The van der Waals surface area contributed by atoms with Gasteiger partial charge in [0.2, 0.25) is 10.0 Å². The van der Waals surface area contributed by atoms with E-state index >= 15 is 0 Å². The molecule has 0 radical (unpaired) electrons. The van der Waals surface area contributed by atoms with Crippen molar-refractivity contribution in [1.29, 1.82) is 0 Å². The van der Waals surface area contributed by atoms with Gasteiger partial charge in [0.1, 0.15) is 5.01 Å². The number of hydrogen-bond acceptors (Lipinski definition) is 5. The fourth-order valence-corrected chi connectivity index (χ4v) is 4.20. The Morgan fingerprint density at radius 2 is 2.00 bits per heavy atom. The molecule has 20 heavy (non-hydrogen) atoms. The zero-order valence-corrected chi connectivity index (χ0v) is 14.6. The van der Waals surface area contributed by atoms with Gasteiger partial charge in [-0.25, -0.2) is 18.1 Å². The maximum Gasteiger partial charge on any atom is 0.214 e. The van der Waals surface area contributed by atoms with Gasteiger partial charge in [-0.3, -0.25) is 0 Å². The number of nitrogens with one attached hydrogen (secondary N) is 1. The highest BCUT2D eigenvalue weighted by Gasteiger charge is 2.23. The highest BCUT2D eigenvalue weighted by molar-refractivity contribution is 7.89. The Morgan fingerprint density at radius 1 is 1.40 bits per heavy atom. The molecule has 1 aromatic rings. The summed E-state index contributed by atoms with van der Waals surface area (Å²) in [6.07, 6.45) is -0.332. The molecule has 1 N–H and O–H groups in total. The van der Waals surface area contributed by atoms with Crippen molar-refractivity contribution in [3.63, 3.8) is 0 Å². The smallest absolute Gasteiger partial charge is 0.214 e. The lowest BCUT2D eigenvalue weighted by Gasteiger charge is -2.16. The predicted octanol–water partition coefficient (Wildman–Crippen LogP) is 2.46. The highest BCUT2D eigenvalue weighted by Crippen LogP contribution is 2.27. The molecule has 0 spiro atoms. The number of hydrogen-bond donors (Lipinski definition) is 1. The van der Waals surface area contributed by atoms with E-state index in [9.17, 15) is 8.42 Å². The van der Waals surface area contributed by atoms with Gasteiger partial charge in [0, 0.05) is 17.9 Å². The van der Waals surface area contributed by atoms with E-state index in [-0.39, 0.29) is 23.3 Å². The molecular formula is C13H24N2O3S2. The summed E-state index contributed by atoms with van der Waals surface area (Å²) < 4.78 is 31.6. The summed E-state index contributed by atoms with van der Waals surface area (Å²) in [5.41, 5.74) is 0.951. The molecular weight excluding hydrogens is 296 g/mol. The number of nitrogens with zero attached hydrogens (tertiary/aromatic N) is 1. The van der Waals surface area contributed by atoms with Gasteiger partial charge in [-0.15, -0.1) is 11.3 Å². The van der Waals surface area contributed by atoms with E-state index < -0.39 is 10.0 Å². The molecule has 0 bridgehead atoms. The van der Waals surface area contributed by atoms with Crippen molar-refractivity contribution < 1.29 is 13.2 Å². The third-order valence-electron chi connectivity index (χ3n) is 2.87. The lowest BCUT2D eigenvalue weighted by molar-refractivity contribution is 0.136. The minimum Gasteiger partial charge on any atom is -0.381 e. The van der Waals surface area contributed by atoms with Gasteiger partial charge in [-0.2, -0.15) is 0 Å².